The molecule has 0 N–H and O–H groups in total. The molecular weight excluding hydrogens is 160 g/mol. The Morgan fingerprint density at radius 1 is 1.31 bits per heavy atom. The van der Waals surface area contributed by atoms with Crippen molar-refractivity contribution < 1.29 is 4.74 Å². The molecule has 1 saturated heterocycles. The molecule has 1 aromatic carbocycles. The molecule has 0 spiro atoms. The Morgan fingerprint density at radius 3 is 2.54 bits per heavy atom. The third kappa shape index (κ3) is 1.52. The van der Waals surface area contributed by atoms with Gasteiger partial charge < -0.3 is 4.74 Å². The fraction of sp³-hybridized carbons (Fsp3) is 0.333. The third-order valence-electron chi connectivity index (χ3n) is 2.60. The summed E-state index contributed by atoms with van der Waals surface area (Å²) in [6.07, 6.45) is 0.273. The summed E-state index contributed by atoms with van der Waals surface area (Å²) in [5, 5.41) is 0. The van der Waals surface area contributed by atoms with Crippen LogP contribution in [-0.4, -0.2) is 12.7 Å². The van der Waals surface area contributed by atoms with Crippen LogP contribution in [0.1, 0.15) is 18.4 Å². The van der Waals surface area contributed by atoms with E-state index in [1.165, 1.54) is 11.1 Å². The summed E-state index contributed by atoms with van der Waals surface area (Å²) in [4.78, 5) is 0. The summed E-state index contributed by atoms with van der Waals surface area (Å²) < 4.78 is 5.53. The number of hydrogen-bond acceptors (Lipinski definition) is 1. The van der Waals surface area contributed by atoms with Crippen molar-refractivity contribution in [3.63, 3.8) is 0 Å². The molecule has 0 unspecified atom stereocenters. The molecule has 1 nitrogen and oxygen atoms in total. The van der Waals surface area contributed by atoms with Crippen LogP contribution in [0.5, 0.6) is 0 Å². The Hall–Kier alpha value is -1.08. The highest BCUT2D eigenvalue weighted by molar-refractivity contribution is 5.31. The van der Waals surface area contributed by atoms with E-state index in [1.807, 2.05) is 6.07 Å². The molecule has 13 heavy (non-hydrogen) atoms. The molecule has 68 valence electrons. The van der Waals surface area contributed by atoms with Crippen LogP contribution in [0, 0.1) is 0 Å². The Kier molecular flexibility index (Phi) is 2.19. The van der Waals surface area contributed by atoms with Gasteiger partial charge in [0.2, 0.25) is 0 Å². The minimum absolute atomic E-state index is 0.273. The van der Waals surface area contributed by atoms with Crippen LogP contribution in [0.15, 0.2) is 42.5 Å². The lowest BCUT2D eigenvalue weighted by Gasteiger charge is -2.14. The van der Waals surface area contributed by atoms with Crippen LogP contribution in [0.2, 0.25) is 0 Å². The summed E-state index contributed by atoms with van der Waals surface area (Å²) in [6, 6.07) is 10.4. The fourth-order valence-corrected chi connectivity index (χ4v) is 1.92. The minimum Gasteiger partial charge on any atom is -0.373 e. The molecule has 1 fully saturated rings. The van der Waals surface area contributed by atoms with Gasteiger partial charge in [0.05, 0.1) is 12.7 Å². The van der Waals surface area contributed by atoms with E-state index in [-0.39, 0.29) is 6.10 Å². The number of ether oxygens (including phenoxy) is 1. The van der Waals surface area contributed by atoms with Gasteiger partial charge in [0.15, 0.2) is 0 Å². The van der Waals surface area contributed by atoms with Crippen molar-refractivity contribution in [1.29, 1.82) is 0 Å². The van der Waals surface area contributed by atoms with Crippen LogP contribution < -0.4 is 0 Å². The summed E-state index contributed by atoms with van der Waals surface area (Å²) in [5.41, 5.74) is 2.51. The van der Waals surface area contributed by atoms with E-state index in [0.717, 1.165) is 0 Å². The van der Waals surface area contributed by atoms with Gasteiger partial charge in [-0.25, -0.2) is 0 Å². The predicted molar refractivity (Wildman–Crippen MR) is 53.7 cm³/mol. The molecule has 2 atom stereocenters. The molecule has 0 radical (unpaired) electrons. The van der Waals surface area contributed by atoms with Crippen molar-refractivity contribution in [3.8, 4) is 0 Å². The fourth-order valence-electron chi connectivity index (χ4n) is 1.92. The smallest absolute Gasteiger partial charge is 0.0685 e. The van der Waals surface area contributed by atoms with Crippen LogP contribution in [0.4, 0.5) is 0 Å². The first-order valence-corrected chi connectivity index (χ1v) is 4.63. The quantitative estimate of drug-likeness (QED) is 0.595. The number of benzene rings is 1. The third-order valence-corrected chi connectivity index (χ3v) is 2.60. The van der Waals surface area contributed by atoms with Crippen LogP contribution in [-0.2, 0) is 4.74 Å². The summed E-state index contributed by atoms with van der Waals surface area (Å²) in [5.74, 6) is 0.390. The van der Waals surface area contributed by atoms with E-state index >= 15 is 0 Å². The standard InChI is InChI=1S/C12H14O/c1-9-8-13-10(2)12(9)11-6-4-3-5-7-11/h3-7,10,12H,1,8H2,2H3/t10-,12+/m0/s1. The van der Waals surface area contributed by atoms with Crippen molar-refractivity contribution in [2.75, 3.05) is 6.61 Å². The molecule has 0 bridgehead atoms. The van der Waals surface area contributed by atoms with E-state index in [1.54, 1.807) is 0 Å². The highest BCUT2D eigenvalue weighted by Gasteiger charge is 2.28. The Bertz CT molecular complexity index is 302. The van der Waals surface area contributed by atoms with Crippen molar-refractivity contribution >= 4 is 0 Å². The van der Waals surface area contributed by atoms with E-state index in [0.29, 0.717) is 12.5 Å². The van der Waals surface area contributed by atoms with Crippen molar-refractivity contribution in [1.82, 2.24) is 0 Å². The summed E-state index contributed by atoms with van der Waals surface area (Å²) in [7, 11) is 0. The van der Waals surface area contributed by atoms with Gasteiger partial charge in [-0.05, 0) is 18.1 Å². The van der Waals surface area contributed by atoms with Gasteiger partial charge in [-0.3, -0.25) is 0 Å². The molecule has 2 rings (SSSR count). The molecule has 0 saturated carbocycles. The molecule has 0 aliphatic carbocycles. The zero-order chi connectivity index (χ0) is 9.26. The van der Waals surface area contributed by atoms with Gasteiger partial charge in [0.25, 0.3) is 0 Å². The highest BCUT2D eigenvalue weighted by Crippen LogP contribution is 2.34. The van der Waals surface area contributed by atoms with Crippen LogP contribution in [0.3, 0.4) is 0 Å². The van der Waals surface area contributed by atoms with Crippen molar-refractivity contribution in [2.45, 2.75) is 18.9 Å². The average Bonchev–Trinajstić information content (AvgIpc) is 2.48. The van der Waals surface area contributed by atoms with Gasteiger partial charge in [-0.15, -0.1) is 0 Å². The highest BCUT2D eigenvalue weighted by atomic mass is 16.5. The first-order valence-electron chi connectivity index (χ1n) is 4.63. The van der Waals surface area contributed by atoms with Crippen LogP contribution >= 0.6 is 0 Å². The van der Waals surface area contributed by atoms with Gasteiger partial charge >= 0.3 is 0 Å². The lowest BCUT2D eigenvalue weighted by Crippen LogP contribution is -2.09. The second-order valence-electron chi connectivity index (χ2n) is 3.56. The van der Waals surface area contributed by atoms with Crippen molar-refractivity contribution in [2.24, 2.45) is 0 Å². The van der Waals surface area contributed by atoms with E-state index in [9.17, 15) is 0 Å². The van der Waals surface area contributed by atoms with Gasteiger partial charge in [-0.2, -0.15) is 0 Å². The first kappa shape index (κ1) is 8.52. The van der Waals surface area contributed by atoms with Crippen molar-refractivity contribution in [3.05, 3.63) is 48.0 Å². The molecule has 0 amide bonds. The summed E-state index contributed by atoms with van der Waals surface area (Å²) in [6.45, 7) is 6.85. The molecule has 1 aliphatic heterocycles. The molecule has 1 heteroatoms. The largest absolute Gasteiger partial charge is 0.373 e. The molecular formula is C12H14O. The monoisotopic (exact) mass is 174 g/mol. The predicted octanol–water partition coefficient (Wildman–Crippen LogP) is 2.75. The maximum atomic E-state index is 5.53. The Balaban J connectivity index is 2.30. The first-order chi connectivity index (χ1) is 6.29. The van der Waals surface area contributed by atoms with E-state index in [4.69, 9.17) is 4.74 Å². The normalized spacial score (nSPS) is 27.9. The Morgan fingerprint density at radius 2 is 2.00 bits per heavy atom. The molecule has 0 aromatic heterocycles. The van der Waals surface area contributed by atoms with E-state index < -0.39 is 0 Å². The average molecular weight is 174 g/mol. The molecule has 1 aromatic rings. The van der Waals surface area contributed by atoms with Gasteiger partial charge in [0, 0.05) is 5.92 Å². The Labute approximate surface area is 79.0 Å². The number of rotatable bonds is 1. The maximum Gasteiger partial charge on any atom is 0.0685 e. The lowest BCUT2D eigenvalue weighted by atomic mass is 9.90. The zero-order valence-electron chi connectivity index (χ0n) is 7.86. The second kappa shape index (κ2) is 3.35. The zero-order valence-corrected chi connectivity index (χ0v) is 7.86. The second-order valence-corrected chi connectivity index (χ2v) is 3.56. The van der Waals surface area contributed by atoms with Gasteiger partial charge in [0.1, 0.15) is 0 Å². The maximum absolute atomic E-state index is 5.53. The van der Waals surface area contributed by atoms with Crippen LogP contribution in [0.25, 0.3) is 0 Å². The lowest BCUT2D eigenvalue weighted by molar-refractivity contribution is 0.120. The SMILES string of the molecule is C=C1CO[C@@H](C)[C@@H]1c1ccccc1. The molecule has 1 aliphatic rings. The minimum atomic E-state index is 0.273. The topological polar surface area (TPSA) is 9.23 Å². The van der Waals surface area contributed by atoms with Gasteiger partial charge in [-0.1, -0.05) is 36.9 Å². The number of hydrogen-bond donors (Lipinski definition) is 0. The summed E-state index contributed by atoms with van der Waals surface area (Å²) >= 11 is 0. The molecule has 1 heterocycles. The van der Waals surface area contributed by atoms with E-state index in [2.05, 4.69) is 37.8 Å².